The molecular weight excluding hydrogens is 268 g/mol. The normalized spacial score (nSPS) is 11.3. The van der Waals surface area contributed by atoms with Crippen LogP contribution in [0.1, 0.15) is 19.4 Å². The van der Waals surface area contributed by atoms with E-state index in [1.165, 1.54) is 11.8 Å². The molecule has 3 N–H and O–H groups in total. The fourth-order valence-electron chi connectivity index (χ4n) is 1.29. The summed E-state index contributed by atoms with van der Waals surface area (Å²) in [6.45, 7) is 4.36. The highest BCUT2D eigenvalue weighted by molar-refractivity contribution is 8.00. The van der Waals surface area contributed by atoms with Crippen LogP contribution < -0.4 is 11.1 Å². The van der Waals surface area contributed by atoms with Crippen LogP contribution in [0.4, 0.5) is 0 Å². The van der Waals surface area contributed by atoms with Crippen molar-refractivity contribution < 1.29 is 4.79 Å². The Morgan fingerprint density at radius 2 is 2.11 bits per heavy atom. The van der Waals surface area contributed by atoms with Gasteiger partial charge < -0.3 is 11.1 Å². The highest BCUT2D eigenvalue weighted by Crippen LogP contribution is 2.14. The third-order valence-corrected chi connectivity index (χ3v) is 3.92. The lowest BCUT2D eigenvalue weighted by Crippen LogP contribution is -2.35. The van der Waals surface area contributed by atoms with Crippen molar-refractivity contribution in [2.75, 3.05) is 11.5 Å². The monoisotopic (exact) mass is 286 g/mol. The molecule has 0 aliphatic rings. The maximum atomic E-state index is 11.6. The van der Waals surface area contributed by atoms with Crippen molar-refractivity contribution >= 4 is 29.3 Å². The van der Waals surface area contributed by atoms with Gasteiger partial charge in [-0.3, -0.25) is 4.79 Å². The molecule has 1 aromatic rings. The standard InChI is InChI=1S/C13H19ClN2OS/c1-13(2,15)9-18-8-12(17)16-7-10-5-3-4-6-11(10)14/h3-6H,7-9,15H2,1-2H3,(H,16,17). The van der Waals surface area contributed by atoms with Gasteiger partial charge in [-0.2, -0.15) is 11.8 Å². The van der Waals surface area contributed by atoms with Gasteiger partial charge in [0.25, 0.3) is 0 Å². The molecule has 0 heterocycles. The quantitative estimate of drug-likeness (QED) is 0.844. The molecule has 18 heavy (non-hydrogen) atoms. The van der Waals surface area contributed by atoms with Gasteiger partial charge in [0, 0.05) is 22.9 Å². The first kappa shape index (κ1) is 15.3. The second kappa shape index (κ2) is 7.02. The van der Waals surface area contributed by atoms with Gasteiger partial charge in [0.2, 0.25) is 5.91 Å². The van der Waals surface area contributed by atoms with Crippen molar-refractivity contribution in [1.29, 1.82) is 0 Å². The van der Waals surface area contributed by atoms with Crippen LogP contribution in [-0.2, 0) is 11.3 Å². The van der Waals surface area contributed by atoms with E-state index in [9.17, 15) is 4.79 Å². The largest absolute Gasteiger partial charge is 0.351 e. The van der Waals surface area contributed by atoms with Crippen LogP contribution >= 0.6 is 23.4 Å². The number of halogens is 1. The Labute approximate surface area is 117 Å². The first-order chi connectivity index (χ1) is 8.38. The van der Waals surface area contributed by atoms with E-state index >= 15 is 0 Å². The summed E-state index contributed by atoms with van der Waals surface area (Å²) in [4.78, 5) is 11.6. The van der Waals surface area contributed by atoms with Crippen LogP contribution in [0.5, 0.6) is 0 Å². The zero-order chi connectivity index (χ0) is 13.6. The Bertz CT molecular complexity index is 404. The van der Waals surface area contributed by atoms with E-state index in [-0.39, 0.29) is 11.4 Å². The van der Waals surface area contributed by atoms with Crippen molar-refractivity contribution in [3.8, 4) is 0 Å². The van der Waals surface area contributed by atoms with Crippen LogP contribution in [-0.4, -0.2) is 23.0 Å². The number of rotatable bonds is 6. The number of thioether (sulfide) groups is 1. The van der Waals surface area contributed by atoms with Gasteiger partial charge >= 0.3 is 0 Å². The Hall–Kier alpha value is -0.710. The van der Waals surface area contributed by atoms with Gasteiger partial charge in [0.15, 0.2) is 0 Å². The fourth-order valence-corrected chi connectivity index (χ4v) is 2.41. The van der Waals surface area contributed by atoms with E-state index in [4.69, 9.17) is 17.3 Å². The maximum Gasteiger partial charge on any atom is 0.230 e. The van der Waals surface area contributed by atoms with E-state index in [1.807, 2.05) is 38.1 Å². The molecule has 0 radical (unpaired) electrons. The van der Waals surface area contributed by atoms with Gasteiger partial charge in [-0.1, -0.05) is 29.8 Å². The summed E-state index contributed by atoms with van der Waals surface area (Å²) in [6, 6.07) is 7.49. The maximum absolute atomic E-state index is 11.6. The summed E-state index contributed by atoms with van der Waals surface area (Å²) >= 11 is 7.54. The number of carbonyl (C=O) groups is 1. The lowest BCUT2D eigenvalue weighted by atomic mass is 10.1. The molecule has 0 aliphatic heterocycles. The Morgan fingerprint density at radius 3 is 2.72 bits per heavy atom. The number of nitrogens with two attached hydrogens (primary N) is 1. The lowest BCUT2D eigenvalue weighted by Gasteiger charge is -2.17. The molecule has 0 saturated carbocycles. The number of carbonyl (C=O) groups excluding carboxylic acids is 1. The fraction of sp³-hybridized carbons (Fsp3) is 0.462. The smallest absolute Gasteiger partial charge is 0.230 e. The summed E-state index contributed by atoms with van der Waals surface area (Å²) in [7, 11) is 0. The minimum atomic E-state index is -0.242. The van der Waals surface area contributed by atoms with E-state index in [0.717, 1.165) is 11.3 Å². The minimum absolute atomic E-state index is 0.00386. The minimum Gasteiger partial charge on any atom is -0.351 e. The molecule has 0 aliphatic carbocycles. The molecular formula is C13H19ClN2OS. The molecule has 0 bridgehead atoms. The molecule has 5 heteroatoms. The second-order valence-corrected chi connectivity index (χ2v) is 6.24. The van der Waals surface area contributed by atoms with Crippen molar-refractivity contribution in [1.82, 2.24) is 5.32 Å². The molecule has 3 nitrogen and oxygen atoms in total. The first-order valence-corrected chi connectivity index (χ1v) is 7.28. The Kier molecular flexibility index (Phi) is 5.99. The molecule has 0 fully saturated rings. The summed E-state index contributed by atoms with van der Waals surface area (Å²) in [5.41, 5.74) is 6.52. The molecule has 0 aromatic heterocycles. The SMILES string of the molecule is CC(C)(N)CSCC(=O)NCc1ccccc1Cl. The average Bonchev–Trinajstić information content (AvgIpc) is 2.26. The average molecular weight is 287 g/mol. The highest BCUT2D eigenvalue weighted by atomic mass is 35.5. The molecule has 1 aromatic carbocycles. The van der Waals surface area contributed by atoms with E-state index in [2.05, 4.69) is 5.32 Å². The van der Waals surface area contributed by atoms with E-state index < -0.39 is 0 Å². The van der Waals surface area contributed by atoms with Gasteiger partial charge in [0.05, 0.1) is 5.75 Å². The lowest BCUT2D eigenvalue weighted by molar-refractivity contribution is -0.118. The first-order valence-electron chi connectivity index (χ1n) is 5.75. The highest BCUT2D eigenvalue weighted by Gasteiger charge is 2.11. The molecule has 100 valence electrons. The molecule has 0 atom stereocenters. The zero-order valence-electron chi connectivity index (χ0n) is 10.7. The van der Waals surface area contributed by atoms with Crippen LogP contribution in [0, 0.1) is 0 Å². The summed E-state index contributed by atoms with van der Waals surface area (Å²) in [5, 5.41) is 3.52. The van der Waals surface area contributed by atoms with Gasteiger partial charge in [0.1, 0.15) is 0 Å². The summed E-state index contributed by atoms with van der Waals surface area (Å²) in [6.07, 6.45) is 0. The summed E-state index contributed by atoms with van der Waals surface area (Å²) in [5.74, 6) is 1.18. The Morgan fingerprint density at radius 1 is 1.44 bits per heavy atom. The van der Waals surface area contributed by atoms with Crippen LogP contribution in [0.2, 0.25) is 5.02 Å². The summed E-state index contributed by atoms with van der Waals surface area (Å²) < 4.78 is 0. The molecule has 0 spiro atoms. The third-order valence-electron chi connectivity index (χ3n) is 2.14. The van der Waals surface area contributed by atoms with Gasteiger partial charge in [-0.05, 0) is 25.5 Å². The molecule has 0 saturated heterocycles. The van der Waals surface area contributed by atoms with Crippen LogP contribution in [0.15, 0.2) is 24.3 Å². The topological polar surface area (TPSA) is 55.1 Å². The van der Waals surface area contributed by atoms with Gasteiger partial charge in [-0.15, -0.1) is 0 Å². The van der Waals surface area contributed by atoms with Crippen molar-refractivity contribution in [2.45, 2.75) is 25.9 Å². The zero-order valence-corrected chi connectivity index (χ0v) is 12.3. The molecule has 0 unspecified atom stereocenters. The number of hydrogen-bond donors (Lipinski definition) is 2. The van der Waals surface area contributed by atoms with Crippen molar-refractivity contribution in [3.63, 3.8) is 0 Å². The predicted molar refractivity (Wildman–Crippen MR) is 78.9 cm³/mol. The molecule has 1 amide bonds. The molecule has 1 rings (SSSR count). The Balaban J connectivity index is 2.28. The predicted octanol–water partition coefficient (Wildman–Crippen LogP) is 2.43. The van der Waals surface area contributed by atoms with Gasteiger partial charge in [-0.25, -0.2) is 0 Å². The van der Waals surface area contributed by atoms with E-state index in [0.29, 0.717) is 17.3 Å². The van der Waals surface area contributed by atoms with Crippen molar-refractivity contribution in [3.05, 3.63) is 34.9 Å². The van der Waals surface area contributed by atoms with Crippen LogP contribution in [0.3, 0.4) is 0 Å². The van der Waals surface area contributed by atoms with E-state index in [1.54, 1.807) is 0 Å². The number of amides is 1. The second-order valence-electron chi connectivity index (χ2n) is 4.85. The van der Waals surface area contributed by atoms with Crippen molar-refractivity contribution in [2.24, 2.45) is 5.73 Å². The number of nitrogens with one attached hydrogen (secondary N) is 1. The van der Waals surface area contributed by atoms with Crippen LogP contribution in [0.25, 0.3) is 0 Å². The number of benzene rings is 1. The number of hydrogen-bond acceptors (Lipinski definition) is 3. The third kappa shape index (κ3) is 6.28.